The molecule has 23 heteroatoms. The van der Waals surface area contributed by atoms with Gasteiger partial charge >= 0.3 is 29.8 Å². The lowest BCUT2D eigenvalue weighted by Crippen LogP contribution is -2.32. The van der Waals surface area contributed by atoms with Gasteiger partial charge in [-0.3, -0.25) is 0 Å². The van der Waals surface area contributed by atoms with E-state index in [-0.39, 0.29) is 140 Å². The smallest absolute Gasteiger partial charge is 0.331 e. The molecule has 147 heavy (non-hydrogen) atoms. The first-order chi connectivity index (χ1) is 71.7. The predicted octanol–water partition coefficient (Wildman–Crippen LogP) is 20.1. The van der Waals surface area contributed by atoms with E-state index in [4.69, 9.17) is 85.6 Å². The molecule has 762 valence electrons. The molecule has 10 aliphatic rings. The van der Waals surface area contributed by atoms with Gasteiger partial charge < -0.3 is 85.6 Å². The van der Waals surface area contributed by atoms with Crippen LogP contribution in [0.1, 0.15) is 95.9 Å². The molecule has 0 spiro atoms. The van der Waals surface area contributed by atoms with Crippen LogP contribution in [0.25, 0.3) is 60.8 Å². The van der Waals surface area contributed by atoms with Crippen molar-refractivity contribution >= 4 is 90.6 Å². The van der Waals surface area contributed by atoms with Gasteiger partial charge in [-0.2, -0.15) is 0 Å². The lowest BCUT2D eigenvalue weighted by Gasteiger charge is -2.15. The Morgan fingerprint density at radius 2 is 0.449 bits per heavy atom. The van der Waals surface area contributed by atoms with E-state index in [9.17, 15) is 24.0 Å². The number of rotatable bonds is 29. The van der Waals surface area contributed by atoms with E-state index in [0.717, 1.165) is 72.7 Å². The van der Waals surface area contributed by atoms with Crippen LogP contribution >= 0.6 is 0 Å². The average Bonchev–Trinajstić information content (AvgIpc) is 1.67. The molecule has 0 bridgehead atoms. The number of hydrogen-bond acceptors (Lipinski definition) is 23. The summed E-state index contributed by atoms with van der Waals surface area (Å²) in [5, 5.41) is 9.14. The summed E-state index contributed by atoms with van der Waals surface area (Å²) >= 11 is 0. The molecule has 10 saturated heterocycles. The van der Waals surface area contributed by atoms with Crippen molar-refractivity contribution in [1.82, 2.24) is 0 Å². The SMILES string of the molecule is CCOc1ccc(/C=C/C(=O)O[C@@H]2CO[C@H]3[C@@H]2OC[C@H]3C=Cc2ccc(C)cc2)cc1.COc1ccc(/C=C/C(=O)O[C@@H]2CO[C@H]3[C@@H]2OC[C@H]3C=Cc2ccc(CO)cc2)cc1.Cc1ccc(C=C[C@@H]2CO[C@H]3[C@@H]2OC[C@H]3OC(=O)/C=C/c2ccc(C)cc2)cc1.Cc1ccc(C=C[C@@H]2CO[C@H]3[C@@H]2OC[C@H]3OC(=O)/C=C/c2ccc(C)cc2)cc1.O=C(/C=C/c1ccccc1)O[C@@H]1CO[C@H]2[C@@H]1OC[C@H]2C=Cc1ccccc1. The number of carbonyl (C=O) groups is 5. The van der Waals surface area contributed by atoms with Crippen molar-refractivity contribution in [1.29, 1.82) is 0 Å². The van der Waals surface area contributed by atoms with Crippen LogP contribution in [0.4, 0.5) is 0 Å². The molecule has 10 fully saturated rings. The van der Waals surface area contributed by atoms with Crippen LogP contribution in [0.15, 0.2) is 316 Å². The van der Waals surface area contributed by atoms with Crippen LogP contribution in [0, 0.1) is 64.2 Å². The fourth-order valence-corrected chi connectivity index (χ4v) is 18.5. The number of fused-ring (bicyclic) bond motifs is 5. The van der Waals surface area contributed by atoms with E-state index in [1.54, 1.807) is 37.5 Å². The van der Waals surface area contributed by atoms with Crippen LogP contribution in [-0.2, 0) is 102 Å². The number of methoxy groups -OCH3 is 1. The fourth-order valence-electron chi connectivity index (χ4n) is 18.5. The summed E-state index contributed by atoms with van der Waals surface area (Å²) < 4.78 is 97.5. The van der Waals surface area contributed by atoms with E-state index >= 15 is 0 Å². The molecule has 10 heterocycles. The van der Waals surface area contributed by atoms with Gasteiger partial charge in [-0.05, 0) is 157 Å². The predicted molar refractivity (Wildman–Crippen MR) is 566 cm³/mol. The van der Waals surface area contributed by atoms with Crippen molar-refractivity contribution in [3.05, 3.63) is 405 Å². The number of esters is 5. The van der Waals surface area contributed by atoms with E-state index < -0.39 is 18.0 Å². The molecule has 0 radical (unpaired) electrons. The van der Waals surface area contributed by atoms with Crippen LogP contribution < -0.4 is 9.47 Å². The van der Waals surface area contributed by atoms with Crippen LogP contribution in [0.3, 0.4) is 0 Å². The standard InChI is InChI=1S/C26H28O5.C25H26O6.2C25H26O4.C23H22O4/c1-3-28-22-13-9-20(10-14-22)11-15-24(27)31-23-17-30-25-21(16-29-26(23)25)12-8-19-6-4-18(2)5-7-19;1-28-21-11-7-18(8-12-21)9-13-23(27)31-22-16-30-24-20(15-29-25(22)24)10-6-17-2-4-19(14-26)5-3-17;2*1-17-3-7-19(8-4-17)11-13-21-15-27-25-22(16-28-24(21)25)29-23(26)14-12-20-9-5-18(2)6-10-20;24-21(14-12-18-9-5-2-6-10-18)27-20-16-26-22-19(15-25-23(20)22)13-11-17-7-3-1-4-8-17/h4-15,21,23,25-26H,3,16-17H2,1-2H3;2-13,20,22,24-26H,14-16H2,1H3;2*3-14,21-22,24-25H,15-16H2,1-2H3;1-14,19-20,22-23H,15-16H2/b12-8?,15-11+;10-6?,13-9+;3*13-11?,14-12+/t21-,23-,25-,26-;20-,22-,24-,25-;2*21-,22-,24-,25-;19-,20-,22-,23-/m11111/s1. The molecular formula is C124H128O23. The first-order valence-corrected chi connectivity index (χ1v) is 50.3. The third kappa shape index (κ3) is 30.9. The van der Waals surface area contributed by atoms with Crippen LogP contribution in [-0.4, -0.2) is 206 Å². The lowest BCUT2D eigenvalue weighted by molar-refractivity contribution is -0.148. The number of aliphatic hydroxyl groups excluding tert-OH is 1. The Morgan fingerprint density at radius 3 is 0.673 bits per heavy atom. The second-order valence-corrected chi connectivity index (χ2v) is 37.7. The van der Waals surface area contributed by atoms with Crippen LogP contribution in [0.5, 0.6) is 11.5 Å². The van der Waals surface area contributed by atoms with Gasteiger partial charge in [0, 0.05) is 60.0 Å². The van der Waals surface area contributed by atoms with Gasteiger partial charge in [0.05, 0.1) is 117 Å². The highest BCUT2D eigenvalue weighted by Crippen LogP contribution is 2.40. The topological polar surface area (TPSA) is 262 Å². The summed E-state index contributed by atoms with van der Waals surface area (Å²) in [7, 11) is 1.61. The Hall–Kier alpha value is -13.9. The monoisotopic (exact) mass is 1980 g/mol. The van der Waals surface area contributed by atoms with Crippen molar-refractivity contribution in [2.75, 3.05) is 79.8 Å². The first-order valence-electron chi connectivity index (χ1n) is 50.3. The van der Waals surface area contributed by atoms with Gasteiger partial charge in [0.25, 0.3) is 0 Å². The first kappa shape index (κ1) is 106. The Morgan fingerprint density at radius 1 is 0.252 bits per heavy atom. The molecule has 10 aliphatic heterocycles. The normalized spacial score (nSPS) is 26.0. The van der Waals surface area contributed by atoms with E-state index in [2.05, 4.69) is 160 Å². The molecule has 0 amide bonds. The maximum atomic E-state index is 12.3. The van der Waals surface area contributed by atoms with Gasteiger partial charge in [-0.15, -0.1) is 0 Å². The van der Waals surface area contributed by atoms with Crippen molar-refractivity contribution in [2.24, 2.45) is 29.6 Å². The minimum Gasteiger partial charge on any atom is -0.497 e. The van der Waals surface area contributed by atoms with Gasteiger partial charge in [0.1, 0.15) is 42.0 Å². The van der Waals surface area contributed by atoms with Crippen molar-refractivity contribution < 1.29 is 110 Å². The number of carbonyl (C=O) groups excluding carboxylic acids is 5. The molecule has 10 aromatic rings. The molecule has 20 rings (SSSR count). The summed E-state index contributed by atoms with van der Waals surface area (Å²) in [5.74, 6) is 0.361. The molecule has 0 unspecified atom stereocenters. The van der Waals surface area contributed by atoms with E-state index in [1.165, 1.54) is 58.2 Å². The van der Waals surface area contributed by atoms with Crippen LogP contribution in [0.2, 0.25) is 0 Å². The zero-order valence-electron chi connectivity index (χ0n) is 83.8. The summed E-state index contributed by atoms with van der Waals surface area (Å²) in [6, 6.07) is 83.5. The molecule has 20 atom stereocenters. The van der Waals surface area contributed by atoms with Gasteiger partial charge in [0.15, 0.2) is 30.5 Å². The molecule has 1 N–H and O–H groups in total. The molecule has 23 nitrogen and oxygen atoms in total. The molecule has 0 aromatic heterocycles. The second kappa shape index (κ2) is 53.5. The summed E-state index contributed by atoms with van der Waals surface area (Å²) in [6.07, 6.45) is 33.5. The molecule has 10 aromatic carbocycles. The third-order valence-electron chi connectivity index (χ3n) is 26.8. The van der Waals surface area contributed by atoms with Gasteiger partial charge in [0.2, 0.25) is 0 Å². The second-order valence-electron chi connectivity index (χ2n) is 37.7. The number of ether oxygens (including phenoxy) is 17. The Bertz CT molecular complexity index is 6080. The third-order valence-corrected chi connectivity index (χ3v) is 26.8. The Kier molecular flexibility index (Phi) is 38.5. The quantitative estimate of drug-likeness (QED) is 0.0259. The zero-order valence-corrected chi connectivity index (χ0v) is 83.8. The highest BCUT2D eigenvalue weighted by molar-refractivity contribution is 5.90. The Labute approximate surface area is 860 Å². The lowest BCUT2D eigenvalue weighted by atomic mass is 9.99. The van der Waals surface area contributed by atoms with Crippen molar-refractivity contribution in [2.45, 2.75) is 140 Å². The molecule has 0 aliphatic carbocycles. The van der Waals surface area contributed by atoms with E-state index in [0.29, 0.717) is 72.7 Å². The highest BCUT2D eigenvalue weighted by Gasteiger charge is 2.53. The fraction of sp³-hybridized carbons (Fsp3) is 0.315. The van der Waals surface area contributed by atoms with Crippen molar-refractivity contribution in [3.63, 3.8) is 0 Å². The Balaban J connectivity index is 0.000000131. The van der Waals surface area contributed by atoms with Crippen molar-refractivity contribution in [3.8, 4) is 11.5 Å². The largest absolute Gasteiger partial charge is 0.497 e. The minimum absolute atomic E-state index is 0.0352. The number of benzene rings is 10. The number of aryl methyl sites for hydroxylation is 5. The van der Waals surface area contributed by atoms with E-state index in [1.807, 2.05) is 197 Å². The molecular weight excluding hydrogens is 1860 g/mol. The molecule has 0 saturated carbocycles. The minimum atomic E-state index is -0.420. The number of aliphatic hydroxyl groups is 1. The highest BCUT2D eigenvalue weighted by atomic mass is 16.7. The maximum Gasteiger partial charge on any atom is 0.331 e. The zero-order chi connectivity index (χ0) is 102. The van der Waals surface area contributed by atoms with Gasteiger partial charge in [-0.25, -0.2) is 24.0 Å². The number of hydrogen-bond donors (Lipinski definition) is 1. The average molecular weight is 1990 g/mol. The maximum absolute atomic E-state index is 12.3. The summed E-state index contributed by atoms with van der Waals surface area (Å²) in [4.78, 5) is 61.1. The van der Waals surface area contributed by atoms with Gasteiger partial charge in [-0.1, -0.05) is 319 Å². The summed E-state index contributed by atoms with van der Waals surface area (Å²) in [5.41, 5.74) is 17.3. The summed E-state index contributed by atoms with van der Waals surface area (Å²) in [6.45, 7) is 17.5.